The Balaban J connectivity index is 2.10. The van der Waals surface area contributed by atoms with Gasteiger partial charge in [0.15, 0.2) is 0 Å². The molecule has 0 saturated heterocycles. The second-order valence-corrected chi connectivity index (χ2v) is 5.85. The van der Waals surface area contributed by atoms with Gasteiger partial charge in [-0.15, -0.1) is 11.3 Å². The minimum Gasteiger partial charge on any atom is -0.345 e. The maximum Gasteiger partial charge on any atom is 0.255 e. The number of halogens is 1. The average Bonchev–Trinajstić information content (AvgIpc) is 2.87. The largest absolute Gasteiger partial charge is 0.345 e. The first-order valence-electron chi connectivity index (χ1n) is 5.53. The molecule has 1 amide bonds. The van der Waals surface area contributed by atoms with E-state index >= 15 is 0 Å². The fraction of sp³-hybridized carbons (Fsp3) is 0.333. The van der Waals surface area contributed by atoms with Gasteiger partial charge in [0, 0.05) is 17.6 Å². The Morgan fingerprint density at radius 2 is 2.28 bits per heavy atom. The van der Waals surface area contributed by atoms with Crippen molar-refractivity contribution in [1.82, 2.24) is 15.1 Å². The number of nitrogens with one attached hydrogen (secondary N) is 1. The zero-order chi connectivity index (χ0) is 13.3. The molecule has 0 fully saturated rings. The molecule has 1 N–H and O–H groups in total. The van der Waals surface area contributed by atoms with Crippen LogP contribution in [0.5, 0.6) is 0 Å². The molecule has 0 spiro atoms. The summed E-state index contributed by atoms with van der Waals surface area (Å²) >= 11 is 7.35. The molecule has 2 aromatic rings. The van der Waals surface area contributed by atoms with Gasteiger partial charge in [0.1, 0.15) is 0 Å². The summed E-state index contributed by atoms with van der Waals surface area (Å²) in [4.78, 5) is 13.1. The van der Waals surface area contributed by atoms with Crippen molar-refractivity contribution in [3.05, 3.63) is 38.8 Å². The molecule has 6 heteroatoms. The Labute approximate surface area is 115 Å². The van der Waals surface area contributed by atoms with E-state index in [4.69, 9.17) is 11.6 Å². The Morgan fingerprint density at radius 3 is 2.78 bits per heavy atom. The lowest BCUT2D eigenvalue weighted by Crippen LogP contribution is -2.26. The molecule has 4 nitrogen and oxygen atoms in total. The summed E-state index contributed by atoms with van der Waals surface area (Å²) in [5.41, 5.74) is 1.45. The molecule has 2 rings (SSSR count). The smallest absolute Gasteiger partial charge is 0.255 e. The van der Waals surface area contributed by atoms with Crippen LogP contribution in [0.15, 0.2) is 18.3 Å². The highest BCUT2D eigenvalue weighted by Gasteiger charge is 2.16. The Hall–Kier alpha value is -1.33. The number of hydrogen-bond acceptors (Lipinski definition) is 3. The first kappa shape index (κ1) is 13.1. The number of aryl methyl sites for hydroxylation is 1. The van der Waals surface area contributed by atoms with Crippen LogP contribution < -0.4 is 5.32 Å². The third-order valence-electron chi connectivity index (χ3n) is 2.85. The van der Waals surface area contributed by atoms with Gasteiger partial charge >= 0.3 is 0 Å². The van der Waals surface area contributed by atoms with Gasteiger partial charge in [-0.1, -0.05) is 11.6 Å². The van der Waals surface area contributed by atoms with Crippen molar-refractivity contribution in [3.63, 3.8) is 0 Å². The molecule has 1 atom stereocenters. The van der Waals surface area contributed by atoms with E-state index in [1.165, 1.54) is 11.3 Å². The van der Waals surface area contributed by atoms with Crippen molar-refractivity contribution in [1.29, 1.82) is 0 Å². The summed E-state index contributed by atoms with van der Waals surface area (Å²) in [6.45, 7) is 3.81. The molecular weight excluding hydrogens is 270 g/mol. The fourth-order valence-corrected chi connectivity index (χ4v) is 2.69. The van der Waals surface area contributed by atoms with Gasteiger partial charge < -0.3 is 5.32 Å². The number of nitrogens with zero attached hydrogens (tertiary/aromatic N) is 2. The SMILES string of the molecule is Cc1c(C(=O)N[C@@H](C)c2ccc(Cl)s2)cnn1C. The van der Waals surface area contributed by atoms with Crippen molar-refractivity contribution in [2.45, 2.75) is 19.9 Å². The van der Waals surface area contributed by atoms with Crippen LogP contribution >= 0.6 is 22.9 Å². The molecule has 0 radical (unpaired) electrons. The molecule has 0 bridgehead atoms. The number of rotatable bonds is 3. The predicted octanol–water partition coefficient (Wildman–Crippen LogP) is 2.93. The van der Waals surface area contributed by atoms with Gasteiger partial charge in [-0.2, -0.15) is 5.10 Å². The van der Waals surface area contributed by atoms with E-state index in [1.54, 1.807) is 10.9 Å². The summed E-state index contributed by atoms with van der Waals surface area (Å²) in [6, 6.07) is 3.70. The molecule has 0 aliphatic heterocycles. The van der Waals surface area contributed by atoms with Crippen LogP contribution in [0, 0.1) is 6.92 Å². The van der Waals surface area contributed by atoms with Crippen LogP contribution in [0.3, 0.4) is 0 Å². The Kier molecular flexibility index (Phi) is 3.73. The third kappa shape index (κ3) is 2.57. The van der Waals surface area contributed by atoms with Crippen LogP contribution in [0.2, 0.25) is 4.34 Å². The zero-order valence-corrected chi connectivity index (χ0v) is 12.0. The van der Waals surface area contributed by atoms with Crippen LogP contribution in [0.25, 0.3) is 0 Å². The van der Waals surface area contributed by atoms with Crippen molar-refractivity contribution in [2.75, 3.05) is 0 Å². The average molecular weight is 284 g/mol. The molecule has 0 unspecified atom stereocenters. The lowest BCUT2D eigenvalue weighted by atomic mass is 10.2. The molecule has 0 aliphatic carbocycles. The second kappa shape index (κ2) is 5.12. The molecule has 96 valence electrons. The van der Waals surface area contributed by atoms with Crippen molar-refractivity contribution < 1.29 is 4.79 Å². The van der Waals surface area contributed by atoms with Gasteiger partial charge in [0.2, 0.25) is 0 Å². The summed E-state index contributed by atoms with van der Waals surface area (Å²) in [6.07, 6.45) is 1.58. The van der Waals surface area contributed by atoms with E-state index in [-0.39, 0.29) is 11.9 Å². The third-order valence-corrected chi connectivity index (χ3v) is 4.26. The Morgan fingerprint density at radius 1 is 1.56 bits per heavy atom. The van der Waals surface area contributed by atoms with Crippen molar-refractivity contribution >= 4 is 28.8 Å². The number of amides is 1. The predicted molar refractivity (Wildman–Crippen MR) is 73.2 cm³/mol. The summed E-state index contributed by atoms with van der Waals surface area (Å²) in [7, 11) is 1.81. The maximum atomic E-state index is 12.1. The highest BCUT2D eigenvalue weighted by Crippen LogP contribution is 2.26. The minimum absolute atomic E-state index is 0.0605. The zero-order valence-electron chi connectivity index (χ0n) is 10.4. The molecule has 2 heterocycles. The van der Waals surface area contributed by atoms with Crippen molar-refractivity contribution in [3.8, 4) is 0 Å². The first-order chi connectivity index (χ1) is 8.49. The second-order valence-electron chi connectivity index (χ2n) is 4.10. The van der Waals surface area contributed by atoms with E-state index in [1.807, 2.05) is 33.0 Å². The van der Waals surface area contributed by atoms with Crippen LogP contribution in [0.1, 0.15) is 33.9 Å². The van der Waals surface area contributed by atoms with Gasteiger partial charge in [-0.05, 0) is 26.0 Å². The Bertz CT molecular complexity index is 576. The topological polar surface area (TPSA) is 46.9 Å². The molecule has 18 heavy (non-hydrogen) atoms. The highest BCUT2D eigenvalue weighted by molar-refractivity contribution is 7.16. The molecule has 0 saturated carbocycles. The summed E-state index contributed by atoms with van der Waals surface area (Å²) < 4.78 is 2.41. The lowest BCUT2D eigenvalue weighted by Gasteiger charge is -2.11. The standard InChI is InChI=1S/C12H14ClN3OS/c1-7(10-4-5-11(13)18-10)15-12(17)9-6-14-16(3)8(9)2/h4-7H,1-3H3,(H,15,17)/t7-/m0/s1. The van der Waals surface area contributed by atoms with Gasteiger partial charge in [0.25, 0.3) is 5.91 Å². The number of hydrogen-bond donors (Lipinski definition) is 1. The number of aromatic nitrogens is 2. The summed E-state index contributed by atoms with van der Waals surface area (Å²) in [5.74, 6) is -0.113. The maximum absolute atomic E-state index is 12.1. The minimum atomic E-state index is -0.113. The number of thiophene rings is 1. The lowest BCUT2D eigenvalue weighted by molar-refractivity contribution is 0.0940. The fourth-order valence-electron chi connectivity index (χ4n) is 1.63. The van der Waals surface area contributed by atoms with E-state index in [2.05, 4.69) is 10.4 Å². The number of carbonyl (C=O) groups is 1. The first-order valence-corrected chi connectivity index (χ1v) is 6.73. The normalized spacial score (nSPS) is 12.4. The molecule has 0 aliphatic rings. The quantitative estimate of drug-likeness (QED) is 0.941. The summed E-state index contributed by atoms with van der Waals surface area (Å²) in [5, 5.41) is 7.00. The number of carbonyl (C=O) groups excluding carboxylic acids is 1. The van der Waals surface area contributed by atoms with E-state index < -0.39 is 0 Å². The van der Waals surface area contributed by atoms with Gasteiger partial charge in [-0.3, -0.25) is 9.48 Å². The molecule has 0 aromatic carbocycles. The molecular formula is C12H14ClN3OS. The van der Waals surface area contributed by atoms with E-state index in [9.17, 15) is 4.79 Å². The van der Waals surface area contributed by atoms with Crippen LogP contribution in [-0.2, 0) is 7.05 Å². The van der Waals surface area contributed by atoms with E-state index in [0.717, 1.165) is 14.9 Å². The van der Waals surface area contributed by atoms with Gasteiger partial charge in [0.05, 0.1) is 22.1 Å². The van der Waals surface area contributed by atoms with Crippen LogP contribution in [-0.4, -0.2) is 15.7 Å². The van der Waals surface area contributed by atoms with Crippen LogP contribution in [0.4, 0.5) is 0 Å². The van der Waals surface area contributed by atoms with Crippen molar-refractivity contribution in [2.24, 2.45) is 7.05 Å². The van der Waals surface area contributed by atoms with E-state index in [0.29, 0.717) is 5.56 Å². The van der Waals surface area contributed by atoms with Gasteiger partial charge in [-0.25, -0.2) is 0 Å². The monoisotopic (exact) mass is 283 g/mol. The molecule has 2 aromatic heterocycles. The highest BCUT2D eigenvalue weighted by atomic mass is 35.5.